The SMILES string of the molecule is COc1nc(N2CCc3ccccc32)nc2c1CNCC2. The highest BCUT2D eigenvalue weighted by atomic mass is 16.5. The van der Waals surface area contributed by atoms with Crippen molar-refractivity contribution in [2.45, 2.75) is 19.4 Å². The highest BCUT2D eigenvalue weighted by Gasteiger charge is 2.25. The summed E-state index contributed by atoms with van der Waals surface area (Å²) in [5.41, 5.74) is 4.79. The molecule has 0 amide bonds. The molecule has 21 heavy (non-hydrogen) atoms. The van der Waals surface area contributed by atoms with E-state index in [1.165, 1.54) is 11.3 Å². The lowest BCUT2D eigenvalue weighted by Gasteiger charge is -2.23. The number of hydrogen-bond donors (Lipinski definition) is 1. The summed E-state index contributed by atoms with van der Waals surface area (Å²) >= 11 is 0. The fourth-order valence-electron chi connectivity index (χ4n) is 3.14. The minimum absolute atomic E-state index is 0.701. The van der Waals surface area contributed by atoms with Gasteiger partial charge in [0.15, 0.2) is 0 Å². The Balaban J connectivity index is 1.80. The molecule has 0 aliphatic carbocycles. The zero-order valence-corrected chi connectivity index (χ0v) is 12.1. The van der Waals surface area contributed by atoms with Gasteiger partial charge >= 0.3 is 0 Å². The zero-order chi connectivity index (χ0) is 14.2. The largest absolute Gasteiger partial charge is 0.481 e. The molecule has 5 heteroatoms. The summed E-state index contributed by atoms with van der Waals surface area (Å²) in [5.74, 6) is 1.46. The van der Waals surface area contributed by atoms with Crippen LogP contribution in [0, 0.1) is 0 Å². The van der Waals surface area contributed by atoms with Gasteiger partial charge in [-0.1, -0.05) is 18.2 Å². The van der Waals surface area contributed by atoms with Crippen LogP contribution in [-0.2, 0) is 19.4 Å². The molecule has 2 aliphatic heterocycles. The van der Waals surface area contributed by atoms with E-state index < -0.39 is 0 Å². The standard InChI is InChI=1S/C16H18N4O/c1-21-15-12-10-17-8-6-13(12)18-16(19-15)20-9-7-11-4-2-3-5-14(11)20/h2-5,17H,6-10H2,1H3. The summed E-state index contributed by atoms with van der Waals surface area (Å²) in [6, 6.07) is 8.47. The molecular formula is C16H18N4O. The molecule has 0 spiro atoms. The summed E-state index contributed by atoms with van der Waals surface area (Å²) in [7, 11) is 1.68. The van der Waals surface area contributed by atoms with E-state index in [2.05, 4.69) is 39.5 Å². The average molecular weight is 282 g/mol. The molecular weight excluding hydrogens is 264 g/mol. The molecule has 0 saturated carbocycles. The van der Waals surface area contributed by atoms with Gasteiger partial charge < -0.3 is 15.0 Å². The third kappa shape index (κ3) is 2.05. The highest BCUT2D eigenvalue weighted by Crippen LogP contribution is 2.34. The lowest BCUT2D eigenvalue weighted by atomic mass is 10.1. The highest BCUT2D eigenvalue weighted by molar-refractivity contribution is 5.66. The predicted molar refractivity (Wildman–Crippen MR) is 81.1 cm³/mol. The lowest BCUT2D eigenvalue weighted by molar-refractivity contribution is 0.385. The molecule has 0 fully saturated rings. The van der Waals surface area contributed by atoms with Crippen LogP contribution in [-0.4, -0.2) is 30.2 Å². The first-order valence-corrected chi connectivity index (χ1v) is 7.37. The molecule has 0 saturated heterocycles. The van der Waals surface area contributed by atoms with E-state index in [4.69, 9.17) is 9.72 Å². The van der Waals surface area contributed by atoms with Crippen LogP contribution >= 0.6 is 0 Å². The van der Waals surface area contributed by atoms with Crippen molar-refractivity contribution >= 4 is 11.6 Å². The van der Waals surface area contributed by atoms with E-state index in [-0.39, 0.29) is 0 Å². The van der Waals surface area contributed by atoms with Crippen LogP contribution in [0.15, 0.2) is 24.3 Å². The van der Waals surface area contributed by atoms with Gasteiger partial charge in [-0.05, 0) is 18.1 Å². The number of para-hydroxylation sites is 1. The number of aromatic nitrogens is 2. The molecule has 1 aromatic heterocycles. The van der Waals surface area contributed by atoms with Gasteiger partial charge in [0, 0.05) is 37.3 Å². The Labute approximate surface area is 124 Å². The molecule has 2 aliphatic rings. The van der Waals surface area contributed by atoms with Gasteiger partial charge in [0.1, 0.15) is 0 Å². The van der Waals surface area contributed by atoms with Crippen molar-refractivity contribution in [3.05, 3.63) is 41.1 Å². The lowest BCUT2D eigenvalue weighted by Crippen LogP contribution is -2.27. The van der Waals surface area contributed by atoms with Gasteiger partial charge in [0.25, 0.3) is 0 Å². The van der Waals surface area contributed by atoms with Crippen molar-refractivity contribution in [1.82, 2.24) is 15.3 Å². The summed E-state index contributed by atoms with van der Waals surface area (Å²) in [4.78, 5) is 11.6. The summed E-state index contributed by atoms with van der Waals surface area (Å²) in [5, 5.41) is 3.35. The average Bonchev–Trinajstić information content (AvgIpc) is 2.98. The van der Waals surface area contributed by atoms with Crippen molar-refractivity contribution in [2.75, 3.05) is 25.1 Å². The van der Waals surface area contributed by atoms with Gasteiger partial charge in [0.2, 0.25) is 11.8 Å². The van der Waals surface area contributed by atoms with Gasteiger partial charge in [0.05, 0.1) is 12.8 Å². The van der Waals surface area contributed by atoms with Gasteiger partial charge in [-0.25, -0.2) is 4.98 Å². The Morgan fingerprint density at radius 1 is 1.19 bits per heavy atom. The maximum Gasteiger partial charge on any atom is 0.233 e. The van der Waals surface area contributed by atoms with Crippen LogP contribution < -0.4 is 15.0 Å². The van der Waals surface area contributed by atoms with E-state index in [9.17, 15) is 0 Å². The van der Waals surface area contributed by atoms with Crippen LogP contribution in [0.3, 0.4) is 0 Å². The van der Waals surface area contributed by atoms with Gasteiger partial charge in [-0.15, -0.1) is 0 Å². The van der Waals surface area contributed by atoms with Crippen molar-refractivity contribution in [3.8, 4) is 5.88 Å². The molecule has 1 N–H and O–H groups in total. The number of anilines is 2. The molecule has 2 aromatic rings. The molecule has 108 valence electrons. The van der Waals surface area contributed by atoms with Gasteiger partial charge in [-0.2, -0.15) is 4.98 Å². The quantitative estimate of drug-likeness (QED) is 0.910. The maximum atomic E-state index is 5.48. The second kappa shape index (κ2) is 5.00. The first-order valence-electron chi connectivity index (χ1n) is 7.37. The molecule has 0 bridgehead atoms. The number of nitrogens with zero attached hydrogens (tertiary/aromatic N) is 3. The molecule has 0 radical (unpaired) electrons. The van der Waals surface area contributed by atoms with Crippen molar-refractivity contribution in [1.29, 1.82) is 0 Å². The molecule has 5 nitrogen and oxygen atoms in total. The monoisotopic (exact) mass is 282 g/mol. The Morgan fingerprint density at radius 2 is 2.10 bits per heavy atom. The fraction of sp³-hybridized carbons (Fsp3) is 0.375. The van der Waals surface area contributed by atoms with E-state index >= 15 is 0 Å². The van der Waals surface area contributed by atoms with E-state index in [1.807, 2.05) is 0 Å². The second-order valence-electron chi connectivity index (χ2n) is 5.42. The first-order chi connectivity index (χ1) is 10.4. The predicted octanol–water partition coefficient (Wildman–Crippen LogP) is 1.83. The minimum Gasteiger partial charge on any atom is -0.481 e. The third-order valence-corrected chi connectivity index (χ3v) is 4.21. The van der Waals surface area contributed by atoms with Crippen molar-refractivity contribution in [2.24, 2.45) is 0 Å². The van der Waals surface area contributed by atoms with Crippen LogP contribution in [0.1, 0.15) is 16.8 Å². The van der Waals surface area contributed by atoms with Crippen LogP contribution in [0.2, 0.25) is 0 Å². The molecule has 4 rings (SSSR count). The number of methoxy groups -OCH3 is 1. The van der Waals surface area contributed by atoms with Crippen LogP contribution in [0.5, 0.6) is 5.88 Å². The fourth-order valence-corrected chi connectivity index (χ4v) is 3.14. The van der Waals surface area contributed by atoms with Crippen LogP contribution in [0.25, 0.3) is 0 Å². The summed E-state index contributed by atoms with van der Waals surface area (Å²) in [6.45, 7) is 2.68. The molecule has 1 aromatic carbocycles. The molecule has 0 atom stereocenters. The first kappa shape index (κ1) is 12.6. The summed E-state index contributed by atoms with van der Waals surface area (Å²) < 4.78 is 5.48. The molecule has 3 heterocycles. The summed E-state index contributed by atoms with van der Waals surface area (Å²) in [6.07, 6.45) is 1.97. The molecule has 0 unspecified atom stereocenters. The van der Waals surface area contributed by atoms with Crippen molar-refractivity contribution < 1.29 is 4.74 Å². The Kier molecular flexibility index (Phi) is 3.00. The number of fused-ring (bicyclic) bond motifs is 2. The number of benzene rings is 1. The van der Waals surface area contributed by atoms with E-state index in [1.54, 1.807) is 7.11 Å². The number of ether oxygens (including phenoxy) is 1. The van der Waals surface area contributed by atoms with Crippen LogP contribution in [0.4, 0.5) is 11.6 Å². The van der Waals surface area contributed by atoms with Crippen molar-refractivity contribution in [3.63, 3.8) is 0 Å². The van der Waals surface area contributed by atoms with Gasteiger partial charge in [-0.3, -0.25) is 0 Å². The Morgan fingerprint density at radius 3 is 3.00 bits per heavy atom. The Hall–Kier alpha value is -2.14. The smallest absolute Gasteiger partial charge is 0.233 e. The topological polar surface area (TPSA) is 50.3 Å². The number of nitrogens with one attached hydrogen (secondary N) is 1. The second-order valence-corrected chi connectivity index (χ2v) is 5.42. The third-order valence-electron chi connectivity index (χ3n) is 4.21. The Bertz CT molecular complexity index is 669. The normalized spacial score (nSPS) is 16.5. The number of hydrogen-bond acceptors (Lipinski definition) is 5. The van der Waals surface area contributed by atoms with E-state index in [0.717, 1.165) is 49.7 Å². The maximum absolute atomic E-state index is 5.48. The minimum atomic E-state index is 0.701. The number of rotatable bonds is 2. The van der Waals surface area contributed by atoms with E-state index in [0.29, 0.717) is 5.88 Å². The zero-order valence-electron chi connectivity index (χ0n) is 12.1.